The highest BCUT2D eigenvalue weighted by atomic mass is 32.2. The van der Waals surface area contributed by atoms with Gasteiger partial charge in [-0.05, 0) is 49.6 Å². The average Bonchev–Trinajstić information content (AvgIpc) is 2.71. The first-order valence-corrected chi connectivity index (χ1v) is 12.6. The number of sulfone groups is 1. The Morgan fingerprint density at radius 2 is 1.78 bits per heavy atom. The van der Waals surface area contributed by atoms with E-state index < -0.39 is 15.9 Å². The number of carbonyl (C=O) groups excluding carboxylic acids is 2. The molecule has 32 heavy (non-hydrogen) atoms. The molecule has 1 aliphatic heterocycles. The van der Waals surface area contributed by atoms with Gasteiger partial charge in [-0.15, -0.1) is 0 Å². The molecule has 2 amide bonds. The normalized spacial score (nSPS) is 16.1. The van der Waals surface area contributed by atoms with E-state index in [-0.39, 0.29) is 29.6 Å². The van der Waals surface area contributed by atoms with Crippen molar-refractivity contribution in [1.29, 1.82) is 0 Å². The molecule has 1 aliphatic rings. The second kappa shape index (κ2) is 9.32. The van der Waals surface area contributed by atoms with Crippen LogP contribution in [0.1, 0.15) is 40.2 Å². The van der Waals surface area contributed by atoms with Crippen LogP contribution in [0.15, 0.2) is 42.5 Å². The molecular weight excluding hydrogens is 428 g/mol. The third-order valence-electron chi connectivity index (χ3n) is 5.40. The molecule has 1 atom stereocenters. The average molecular weight is 459 g/mol. The highest BCUT2D eigenvalue weighted by Crippen LogP contribution is 2.39. The van der Waals surface area contributed by atoms with Crippen molar-refractivity contribution in [3.8, 4) is 11.1 Å². The van der Waals surface area contributed by atoms with Crippen LogP contribution in [-0.4, -0.2) is 44.9 Å². The van der Waals surface area contributed by atoms with Gasteiger partial charge in [0.1, 0.15) is 0 Å². The SMILES string of the molecule is CCS(=O)(=O)Cc1cccc(-c2ccc3c(c2)N(C(=O)OC(C)C)C[C@H](C)N3C(C)=O)c1. The summed E-state index contributed by atoms with van der Waals surface area (Å²) in [5.41, 5.74) is 3.59. The first kappa shape index (κ1) is 23.8. The standard InChI is InChI=1S/C24H30N2O5S/c1-6-32(29,30)15-19-8-7-9-20(12-19)21-10-11-22-23(13-21)25(24(28)31-16(2)3)14-17(4)26(22)18(5)27/h7-13,16-17H,6,14-15H2,1-5H3/t17-/m0/s1. The Labute approximate surface area is 189 Å². The summed E-state index contributed by atoms with van der Waals surface area (Å²) in [5.74, 6) is -0.0394. The largest absolute Gasteiger partial charge is 0.446 e. The number of carbonyl (C=O) groups is 2. The first-order valence-electron chi connectivity index (χ1n) is 10.7. The lowest BCUT2D eigenvalue weighted by molar-refractivity contribution is -0.117. The number of hydrogen-bond acceptors (Lipinski definition) is 5. The van der Waals surface area contributed by atoms with Crippen molar-refractivity contribution < 1.29 is 22.7 Å². The van der Waals surface area contributed by atoms with Gasteiger partial charge in [-0.2, -0.15) is 0 Å². The minimum Gasteiger partial charge on any atom is -0.446 e. The molecule has 2 aromatic carbocycles. The molecule has 0 aromatic heterocycles. The van der Waals surface area contributed by atoms with E-state index in [1.165, 1.54) is 6.92 Å². The van der Waals surface area contributed by atoms with Crippen LogP contribution >= 0.6 is 0 Å². The first-order chi connectivity index (χ1) is 15.0. The van der Waals surface area contributed by atoms with Crippen LogP contribution in [-0.2, 0) is 25.1 Å². The van der Waals surface area contributed by atoms with E-state index in [0.717, 1.165) is 11.1 Å². The van der Waals surface area contributed by atoms with Crippen LogP contribution in [0.25, 0.3) is 11.1 Å². The van der Waals surface area contributed by atoms with Crippen molar-refractivity contribution in [3.05, 3.63) is 48.0 Å². The number of amides is 2. The summed E-state index contributed by atoms with van der Waals surface area (Å²) in [7, 11) is -3.15. The van der Waals surface area contributed by atoms with Crippen molar-refractivity contribution in [1.82, 2.24) is 0 Å². The van der Waals surface area contributed by atoms with Crippen LogP contribution in [0.5, 0.6) is 0 Å². The minimum atomic E-state index is -3.15. The smallest absolute Gasteiger partial charge is 0.414 e. The van der Waals surface area contributed by atoms with Gasteiger partial charge in [0.05, 0.1) is 29.3 Å². The molecular formula is C24H30N2O5S. The fourth-order valence-electron chi connectivity index (χ4n) is 3.92. The molecule has 0 N–H and O–H groups in total. The predicted octanol–water partition coefficient (Wildman–Crippen LogP) is 4.39. The molecule has 2 aromatic rings. The van der Waals surface area contributed by atoms with Gasteiger partial charge in [0.15, 0.2) is 9.84 Å². The summed E-state index contributed by atoms with van der Waals surface area (Å²) in [5, 5.41) is 0. The quantitative estimate of drug-likeness (QED) is 0.663. The Hall–Kier alpha value is -2.87. The van der Waals surface area contributed by atoms with Gasteiger partial charge >= 0.3 is 6.09 Å². The van der Waals surface area contributed by atoms with E-state index in [4.69, 9.17) is 4.74 Å². The van der Waals surface area contributed by atoms with Crippen molar-refractivity contribution in [3.63, 3.8) is 0 Å². The van der Waals surface area contributed by atoms with Crippen molar-refractivity contribution in [2.24, 2.45) is 0 Å². The molecule has 1 heterocycles. The molecule has 0 saturated carbocycles. The number of fused-ring (bicyclic) bond motifs is 1. The lowest BCUT2D eigenvalue weighted by atomic mass is 9.99. The second-order valence-electron chi connectivity index (χ2n) is 8.36. The van der Waals surface area contributed by atoms with E-state index in [0.29, 0.717) is 23.5 Å². The summed E-state index contributed by atoms with van der Waals surface area (Å²) in [6.07, 6.45) is -0.733. The topological polar surface area (TPSA) is 84.0 Å². The molecule has 0 radical (unpaired) electrons. The summed E-state index contributed by atoms with van der Waals surface area (Å²) >= 11 is 0. The van der Waals surface area contributed by atoms with E-state index in [9.17, 15) is 18.0 Å². The van der Waals surface area contributed by atoms with E-state index in [1.54, 1.807) is 36.6 Å². The molecule has 0 saturated heterocycles. The lowest BCUT2D eigenvalue weighted by Crippen LogP contribution is -2.51. The maximum absolute atomic E-state index is 12.8. The number of benzene rings is 2. The third kappa shape index (κ3) is 5.12. The van der Waals surface area contributed by atoms with Crippen molar-refractivity contribution in [2.45, 2.75) is 52.5 Å². The second-order valence-corrected chi connectivity index (χ2v) is 10.7. The molecule has 0 fully saturated rings. The molecule has 0 aliphatic carbocycles. The van der Waals surface area contributed by atoms with Crippen molar-refractivity contribution in [2.75, 3.05) is 22.1 Å². The number of hydrogen-bond donors (Lipinski definition) is 0. The number of anilines is 2. The van der Waals surface area contributed by atoms with Crippen LogP contribution in [0.3, 0.4) is 0 Å². The Kier molecular flexibility index (Phi) is 6.93. The summed E-state index contributed by atoms with van der Waals surface area (Å²) in [4.78, 5) is 28.4. The molecule has 0 unspecified atom stereocenters. The zero-order chi connectivity index (χ0) is 23.6. The zero-order valence-electron chi connectivity index (χ0n) is 19.2. The van der Waals surface area contributed by atoms with E-state index in [1.807, 2.05) is 43.3 Å². The summed E-state index contributed by atoms with van der Waals surface area (Å²) < 4.78 is 29.5. The molecule has 0 spiro atoms. The lowest BCUT2D eigenvalue weighted by Gasteiger charge is -2.40. The third-order valence-corrected chi connectivity index (χ3v) is 7.05. The number of ether oxygens (including phenoxy) is 1. The Morgan fingerprint density at radius 1 is 1.09 bits per heavy atom. The van der Waals surface area contributed by atoms with Gasteiger partial charge in [-0.25, -0.2) is 13.2 Å². The Morgan fingerprint density at radius 3 is 2.41 bits per heavy atom. The zero-order valence-corrected chi connectivity index (χ0v) is 20.0. The molecule has 8 heteroatoms. The van der Waals surface area contributed by atoms with Gasteiger partial charge in [-0.1, -0.05) is 37.3 Å². The maximum Gasteiger partial charge on any atom is 0.414 e. The minimum absolute atomic E-state index is 0.0231. The van der Waals surface area contributed by atoms with Crippen LogP contribution in [0.2, 0.25) is 0 Å². The molecule has 0 bridgehead atoms. The Balaban J connectivity index is 2.07. The van der Waals surface area contributed by atoms with Gasteiger partial charge in [0.25, 0.3) is 0 Å². The highest BCUT2D eigenvalue weighted by molar-refractivity contribution is 7.90. The number of rotatable bonds is 5. The van der Waals surface area contributed by atoms with E-state index in [2.05, 4.69) is 0 Å². The predicted molar refractivity (Wildman–Crippen MR) is 127 cm³/mol. The van der Waals surface area contributed by atoms with Crippen LogP contribution < -0.4 is 9.80 Å². The highest BCUT2D eigenvalue weighted by Gasteiger charge is 2.34. The van der Waals surface area contributed by atoms with Gasteiger partial charge in [0.2, 0.25) is 5.91 Å². The van der Waals surface area contributed by atoms with Gasteiger partial charge < -0.3 is 9.64 Å². The fraction of sp³-hybridized carbons (Fsp3) is 0.417. The van der Waals surface area contributed by atoms with Crippen LogP contribution in [0, 0.1) is 0 Å². The molecule has 172 valence electrons. The van der Waals surface area contributed by atoms with Gasteiger partial charge in [0, 0.05) is 19.2 Å². The van der Waals surface area contributed by atoms with E-state index >= 15 is 0 Å². The van der Waals surface area contributed by atoms with Crippen molar-refractivity contribution >= 4 is 33.2 Å². The number of nitrogens with zero attached hydrogens (tertiary/aromatic N) is 2. The Bertz CT molecular complexity index is 1130. The molecule has 7 nitrogen and oxygen atoms in total. The van der Waals surface area contributed by atoms with Crippen LogP contribution in [0.4, 0.5) is 16.2 Å². The summed E-state index contributed by atoms with van der Waals surface area (Å²) in [6, 6.07) is 12.7. The summed E-state index contributed by atoms with van der Waals surface area (Å²) in [6.45, 7) is 8.94. The monoisotopic (exact) mass is 458 g/mol. The van der Waals surface area contributed by atoms with Gasteiger partial charge in [-0.3, -0.25) is 9.69 Å². The molecule has 3 rings (SSSR count). The fourth-order valence-corrected chi connectivity index (χ4v) is 4.81. The maximum atomic E-state index is 12.8.